The normalized spacial score (nSPS) is 12.1. The van der Waals surface area contributed by atoms with Gasteiger partial charge in [-0.2, -0.15) is 0 Å². The quantitative estimate of drug-likeness (QED) is 0.135. The number of rotatable bonds is 7. The Hall–Kier alpha value is -4.02. The minimum absolute atomic E-state index is 0.0113. The SMILES string of the molecule is O=C(O)c1ccccc1N=Nc1c(-c2cccs2)[nH]n(C=N/C(=C\S)c2ccccc2)c1=O. The van der Waals surface area contributed by atoms with E-state index < -0.39 is 11.5 Å². The van der Waals surface area contributed by atoms with Crippen molar-refractivity contribution < 1.29 is 9.90 Å². The average Bonchev–Trinajstić information content (AvgIpc) is 3.47. The van der Waals surface area contributed by atoms with E-state index in [1.54, 1.807) is 17.5 Å². The smallest absolute Gasteiger partial charge is 0.337 e. The van der Waals surface area contributed by atoms with Gasteiger partial charge in [0.25, 0.3) is 0 Å². The Morgan fingerprint density at radius 3 is 2.48 bits per heavy atom. The summed E-state index contributed by atoms with van der Waals surface area (Å²) in [4.78, 5) is 29.7. The summed E-state index contributed by atoms with van der Waals surface area (Å²) in [6.45, 7) is 0. The van der Waals surface area contributed by atoms with Crippen LogP contribution >= 0.6 is 24.0 Å². The molecule has 33 heavy (non-hydrogen) atoms. The van der Waals surface area contributed by atoms with E-state index in [1.807, 2.05) is 47.8 Å². The van der Waals surface area contributed by atoms with Crippen molar-refractivity contribution >= 4 is 53.3 Å². The number of hydrogen-bond donors (Lipinski definition) is 3. The predicted molar refractivity (Wildman–Crippen MR) is 133 cm³/mol. The van der Waals surface area contributed by atoms with E-state index in [4.69, 9.17) is 0 Å². The molecule has 0 saturated carbocycles. The van der Waals surface area contributed by atoms with Crippen molar-refractivity contribution in [1.82, 2.24) is 9.78 Å². The van der Waals surface area contributed by atoms with E-state index in [0.29, 0.717) is 11.4 Å². The van der Waals surface area contributed by atoms with Crippen LogP contribution in [0, 0.1) is 0 Å². The van der Waals surface area contributed by atoms with Gasteiger partial charge in [0, 0.05) is 5.56 Å². The van der Waals surface area contributed by atoms with Crippen molar-refractivity contribution in [3.8, 4) is 10.6 Å². The Balaban J connectivity index is 1.75. The summed E-state index contributed by atoms with van der Waals surface area (Å²) in [6.07, 6.45) is 1.35. The molecule has 4 rings (SSSR count). The van der Waals surface area contributed by atoms with E-state index in [1.165, 1.54) is 34.5 Å². The van der Waals surface area contributed by atoms with E-state index in [-0.39, 0.29) is 16.9 Å². The topological polar surface area (TPSA) is 112 Å². The number of aromatic nitrogens is 2. The summed E-state index contributed by atoms with van der Waals surface area (Å²) in [7, 11) is 0. The fraction of sp³-hybridized carbons (Fsp3) is 0. The predicted octanol–water partition coefficient (Wildman–Crippen LogP) is 5.82. The van der Waals surface area contributed by atoms with Crippen LogP contribution in [0.5, 0.6) is 0 Å². The van der Waals surface area contributed by atoms with Crippen molar-refractivity contribution in [3.05, 3.63) is 99.0 Å². The van der Waals surface area contributed by atoms with Crippen LogP contribution in [0.3, 0.4) is 0 Å². The highest BCUT2D eigenvalue weighted by atomic mass is 32.1. The van der Waals surface area contributed by atoms with Gasteiger partial charge in [-0.25, -0.2) is 14.5 Å². The number of aliphatic imine (C=N–C) groups is 1. The first-order valence-electron chi connectivity index (χ1n) is 9.65. The molecule has 0 amide bonds. The highest BCUT2D eigenvalue weighted by Crippen LogP contribution is 2.31. The minimum atomic E-state index is -1.13. The summed E-state index contributed by atoms with van der Waals surface area (Å²) < 4.78 is 1.20. The number of aromatic amines is 1. The van der Waals surface area contributed by atoms with Crippen LogP contribution in [0.15, 0.2) is 97.5 Å². The monoisotopic (exact) mass is 475 g/mol. The second-order valence-corrected chi connectivity index (χ2v) is 7.84. The molecule has 2 heterocycles. The number of carboxylic acid groups (broad SMARTS) is 1. The van der Waals surface area contributed by atoms with E-state index in [2.05, 4.69) is 32.9 Å². The largest absolute Gasteiger partial charge is 0.478 e. The van der Waals surface area contributed by atoms with Gasteiger partial charge >= 0.3 is 11.5 Å². The zero-order valence-electron chi connectivity index (χ0n) is 17.0. The van der Waals surface area contributed by atoms with Crippen LogP contribution < -0.4 is 5.56 Å². The molecule has 164 valence electrons. The Kier molecular flexibility index (Phi) is 6.77. The molecule has 0 radical (unpaired) electrons. The van der Waals surface area contributed by atoms with Crippen LogP contribution in [0.2, 0.25) is 0 Å². The van der Waals surface area contributed by atoms with Crippen molar-refractivity contribution in [2.24, 2.45) is 15.2 Å². The lowest BCUT2D eigenvalue weighted by atomic mass is 10.2. The maximum Gasteiger partial charge on any atom is 0.337 e. The number of benzene rings is 2. The second-order valence-electron chi connectivity index (χ2n) is 6.64. The lowest BCUT2D eigenvalue weighted by Crippen LogP contribution is -2.15. The third kappa shape index (κ3) is 4.92. The highest BCUT2D eigenvalue weighted by molar-refractivity contribution is 7.83. The zero-order chi connectivity index (χ0) is 23.2. The molecule has 2 aromatic carbocycles. The Morgan fingerprint density at radius 1 is 1.03 bits per heavy atom. The standard InChI is InChI=1S/C23H17N5O3S2/c29-22-21(26-25-17-10-5-4-9-16(17)23(30)31)20(19-11-6-12-33-19)27-28(22)14-24-18(13-32)15-7-2-1-3-8-15/h1-14,27,32H,(H,30,31)/b18-13-,24-14?,26-25?. The summed E-state index contributed by atoms with van der Waals surface area (Å²) in [6, 6.07) is 19.3. The van der Waals surface area contributed by atoms with E-state index in [0.717, 1.165) is 10.4 Å². The molecule has 0 atom stereocenters. The number of carbonyl (C=O) groups is 1. The van der Waals surface area contributed by atoms with Gasteiger partial charge in [0.05, 0.1) is 16.1 Å². The molecular weight excluding hydrogens is 458 g/mol. The van der Waals surface area contributed by atoms with E-state index >= 15 is 0 Å². The molecule has 4 aromatic rings. The molecule has 2 aromatic heterocycles. The van der Waals surface area contributed by atoms with Crippen molar-refractivity contribution in [3.63, 3.8) is 0 Å². The van der Waals surface area contributed by atoms with Crippen LogP contribution in [0.1, 0.15) is 15.9 Å². The number of aromatic carboxylic acids is 1. The molecule has 0 spiro atoms. The lowest BCUT2D eigenvalue weighted by Gasteiger charge is -2.00. The minimum Gasteiger partial charge on any atom is -0.478 e. The number of hydrogen-bond acceptors (Lipinski definition) is 7. The van der Waals surface area contributed by atoms with Gasteiger partial charge in [-0.1, -0.05) is 48.5 Å². The molecule has 0 unspecified atom stereocenters. The zero-order valence-corrected chi connectivity index (χ0v) is 18.7. The Labute approximate surface area is 197 Å². The lowest BCUT2D eigenvalue weighted by molar-refractivity contribution is 0.0697. The molecule has 8 nitrogen and oxygen atoms in total. The number of nitrogens with one attached hydrogen (secondary N) is 1. The Morgan fingerprint density at radius 2 is 1.79 bits per heavy atom. The third-order valence-corrected chi connectivity index (χ3v) is 5.69. The molecule has 0 bridgehead atoms. The molecule has 0 aliphatic rings. The number of thiophene rings is 1. The highest BCUT2D eigenvalue weighted by Gasteiger charge is 2.17. The van der Waals surface area contributed by atoms with Crippen molar-refractivity contribution in [2.75, 3.05) is 0 Å². The average molecular weight is 476 g/mol. The van der Waals surface area contributed by atoms with Crippen LogP contribution in [-0.2, 0) is 0 Å². The Bertz CT molecular complexity index is 1420. The molecule has 0 saturated heterocycles. The van der Waals surface area contributed by atoms with Gasteiger partial charge < -0.3 is 5.11 Å². The molecule has 2 N–H and O–H groups in total. The molecule has 0 aliphatic heterocycles. The molecule has 0 fully saturated rings. The van der Waals surface area contributed by atoms with Gasteiger partial charge in [0.2, 0.25) is 0 Å². The van der Waals surface area contributed by atoms with Gasteiger partial charge in [-0.15, -0.1) is 34.2 Å². The van der Waals surface area contributed by atoms with Crippen molar-refractivity contribution in [2.45, 2.75) is 0 Å². The van der Waals surface area contributed by atoms with Crippen LogP contribution in [0.25, 0.3) is 16.3 Å². The van der Waals surface area contributed by atoms with Crippen molar-refractivity contribution in [1.29, 1.82) is 0 Å². The number of H-pyrrole nitrogens is 1. The first kappa shape index (κ1) is 22.2. The maximum absolute atomic E-state index is 13.1. The van der Waals surface area contributed by atoms with Crippen LogP contribution in [-0.4, -0.2) is 27.2 Å². The summed E-state index contributed by atoms with van der Waals surface area (Å²) in [5, 5.41) is 23.9. The van der Waals surface area contributed by atoms with Gasteiger partial charge in [0.1, 0.15) is 17.7 Å². The second kappa shape index (κ2) is 10.1. The fourth-order valence-corrected chi connectivity index (χ4v) is 3.91. The molecule has 0 aliphatic carbocycles. The first-order chi connectivity index (χ1) is 16.1. The van der Waals surface area contributed by atoms with Gasteiger partial charge in [-0.3, -0.25) is 9.89 Å². The number of nitrogens with zero attached hydrogens (tertiary/aromatic N) is 4. The number of carboxylic acids is 1. The molecular formula is C23H17N5O3S2. The summed E-state index contributed by atoms with van der Waals surface area (Å²) in [5.74, 6) is -1.13. The van der Waals surface area contributed by atoms with Crippen LogP contribution in [0.4, 0.5) is 11.4 Å². The third-order valence-electron chi connectivity index (χ3n) is 4.55. The number of azo groups is 1. The summed E-state index contributed by atoms with van der Waals surface area (Å²) >= 11 is 5.64. The summed E-state index contributed by atoms with van der Waals surface area (Å²) in [5.41, 5.74) is 1.55. The fourth-order valence-electron chi connectivity index (χ4n) is 2.97. The first-order valence-corrected chi connectivity index (χ1v) is 11.0. The van der Waals surface area contributed by atoms with Gasteiger partial charge in [0.15, 0.2) is 5.69 Å². The van der Waals surface area contributed by atoms with Gasteiger partial charge in [-0.05, 0) is 29.0 Å². The molecule has 10 heteroatoms. The van der Waals surface area contributed by atoms with E-state index in [9.17, 15) is 14.7 Å². The number of thiol groups is 1. The maximum atomic E-state index is 13.1.